The summed E-state index contributed by atoms with van der Waals surface area (Å²) >= 11 is 5.70. The number of nitrogens with one attached hydrogen (secondary N) is 1. The van der Waals surface area contributed by atoms with Gasteiger partial charge in [0.1, 0.15) is 5.02 Å². The molecule has 0 radical (unpaired) electrons. The lowest BCUT2D eigenvalue weighted by Crippen LogP contribution is -2.13. The van der Waals surface area contributed by atoms with Crippen LogP contribution in [0.15, 0.2) is 18.2 Å². The Morgan fingerprint density at radius 2 is 2.24 bits per heavy atom. The van der Waals surface area contributed by atoms with Crippen LogP contribution in [0.1, 0.15) is 12.8 Å². The molecule has 17 heavy (non-hydrogen) atoms. The number of hydrogen-bond acceptors (Lipinski definition) is 4. The van der Waals surface area contributed by atoms with Crippen LogP contribution in [-0.2, 0) is 4.79 Å². The second kappa shape index (κ2) is 6.17. The van der Waals surface area contributed by atoms with Crippen LogP contribution in [0, 0.1) is 10.1 Å². The number of anilines is 1. The molecular formula is C10H12ClN3O3. The van der Waals surface area contributed by atoms with Gasteiger partial charge in [0.15, 0.2) is 0 Å². The molecular weight excluding hydrogens is 246 g/mol. The normalized spacial score (nSPS) is 10.0. The Bertz CT molecular complexity index is 437. The third-order valence-corrected chi connectivity index (χ3v) is 2.34. The van der Waals surface area contributed by atoms with Crippen LogP contribution in [0.25, 0.3) is 0 Å². The molecule has 0 heterocycles. The standard InChI is InChI=1S/C10H12ClN3O3/c11-8-6-7(3-4-9(8)14(16)17)13-10(15)2-1-5-12/h3-4,6H,1-2,5,12H2,(H,13,15). The molecule has 0 aromatic heterocycles. The Kier molecular flexibility index (Phi) is 4.86. The van der Waals surface area contributed by atoms with Crippen molar-refractivity contribution in [3.63, 3.8) is 0 Å². The lowest BCUT2D eigenvalue weighted by Gasteiger charge is -2.05. The molecule has 0 aliphatic carbocycles. The third-order valence-electron chi connectivity index (χ3n) is 2.04. The largest absolute Gasteiger partial charge is 0.330 e. The maximum atomic E-state index is 11.4. The van der Waals surface area contributed by atoms with Gasteiger partial charge < -0.3 is 11.1 Å². The van der Waals surface area contributed by atoms with Gasteiger partial charge in [0, 0.05) is 18.2 Å². The molecule has 0 saturated heterocycles. The molecule has 0 fully saturated rings. The molecule has 3 N–H and O–H groups in total. The summed E-state index contributed by atoms with van der Waals surface area (Å²) in [6.45, 7) is 0.439. The van der Waals surface area contributed by atoms with Crippen LogP contribution in [0.3, 0.4) is 0 Å². The van der Waals surface area contributed by atoms with Gasteiger partial charge in [-0.1, -0.05) is 11.6 Å². The monoisotopic (exact) mass is 257 g/mol. The number of amides is 1. The number of rotatable bonds is 5. The Hall–Kier alpha value is -1.66. The first-order valence-corrected chi connectivity index (χ1v) is 5.36. The van der Waals surface area contributed by atoms with Gasteiger partial charge in [0.05, 0.1) is 4.92 Å². The van der Waals surface area contributed by atoms with Crippen LogP contribution in [0.2, 0.25) is 5.02 Å². The fourth-order valence-electron chi connectivity index (χ4n) is 1.22. The predicted octanol–water partition coefficient (Wildman–Crippen LogP) is 1.93. The number of carbonyl (C=O) groups excluding carboxylic acids is 1. The Labute approximate surface area is 103 Å². The maximum absolute atomic E-state index is 11.4. The molecule has 0 unspecified atom stereocenters. The molecule has 0 saturated carbocycles. The maximum Gasteiger partial charge on any atom is 0.288 e. The average molecular weight is 258 g/mol. The zero-order valence-corrected chi connectivity index (χ0v) is 9.74. The number of nitro benzene ring substituents is 1. The van der Waals surface area contributed by atoms with E-state index < -0.39 is 4.92 Å². The molecule has 1 aromatic carbocycles. The summed E-state index contributed by atoms with van der Waals surface area (Å²) in [5.41, 5.74) is 5.52. The van der Waals surface area contributed by atoms with Gasteiger partial charge in [-0.3, -0.25) is 14.9 Å². The lowest BCUT2D eigenvalue weighted by atomic mass is 10.2. The van der Waals surface area contributed by atoms with Crippen LogP contribution in [0.5, 0.6) is 0 Å². The van der Waals surface area contributed by atoms with E-state index in [4.69, 9.17) is 17.3 Å². The summed E-state index contributed by atoms with van der Waals surface area (Å²) in [7, 11) is 0. The van der Waals surface area contributed by atoms with Gasteiger partial charge in [-0.2, -0.15) is 0 Å². The fraction of sp³-hybridized carbons (Fsp3) is 0.300. The molecule has 6 nitrogen and oxygen atoms in total. The van der Waals surface area contributed by atoms with E-state index in [0.717, 1.165) is 0 Å². The van der Waals surface area contributed by atoms with Crippen molar-refractivity contribution in [2.45, 2.75) is 12.8 Å². The molecule has 1 aromatic rings. The molecule has 0 bridgehead atoms. The van der Waals surface area contributed by atoms with Crippen molar-refractivity contribution in [2.24, 2.45) is 5.73 Å². The van der Waals surface area contributed by atoms with Crippen LogP contribution in [-0.4, -0.2) is 17.4 Å². The molecule has 0 atom stereocenters. The van der Waals surface area contributed by atoms with Crippen LogP contribution in [0.4, 0.5) is 11.4 Å². The third kappa shape index (κ3) is 4.01. The summed E-state index contributed by atoms with van der Waals surface area (Å²) in [6.07, 6.45) is 0.900. The SMILES string of the molecule is NCCCC(=O)Nc1ccc([N+](=O)[O-])c(Cl)c1. The van der Waals surface area contributed by atoms with Crippen molar-refractivity contribution < 1.29 is 9.72 Å². The van der Waals surface area contributed by atoms with E-state index in [9.17, 15) is 14.9 Å². The van der Waals surface area contributed by atoms with Gasteiger partial charge in [0.25, 0.3) is 5.69 Å². The fourth-order valence-corrected chi connectivity index (χ4v) is 1.47. The number of nitrogens with two attached hydrogens (primary N) is 1. The first-order valence-electron chi connectivity index (χ1n) is 4.98. The first-order chi connectivity index (χ1) is 8.04. The van der Waals surface area contributed by atoms with Crippen LogP contribution >= 0.6 is 11.6 Å². The number of nitrogens with zero attached hydrogens (tertiary/aromatic N) is 1. The molecule has 1 amide bonds. The Morgan fingerprint density at radius 1 is 1.53 bits per heavy atom. The van der Waals surface area contributed by atoms with Crippen LogP contribution < -0.4 is 11.1 Å². The quantitative estimate of drug-likeness (QED) is 0.622. The number of carbonyl (C=O) groups is 1. The summed E-state index contributed by atoms with van der Waals surface area (Å²) < 4.78 is 0. The topological polar surface area (TPSA) is 98.3 Å². The number of hydrogen-bond donors (Lipinski definition) is 2. The van der Waals surface area contributed by atoms with Crippen molar-refractivity contribution in [2.75, 3.05) is 11.9 Å². The van der Waals surface area contributed by atoms with Gasteiger partial charge in [0.2, 0.25) is 5.91 Å². The van der Waals surface area contributed by atoms with E-state index in [2.05, 4.69) is 5.32 Å². The number of benzene rings is 1. The highest BCUT2D eigenvalue weighted by Crippen LogP contribution is 2.27. The molecule has 0 spiro atoms. The molecule has 92 valence electrons. The minimum Gasteiger partial charge on any atom is -0.330 e. The van der Waals surface area contributed by atoms with Crippen molar-refractivity contribution >= 4 is 28.9 Å². The van der Waals surface area contributed by atoms with Gasteiger partial charge in [-0.25, -0.2) is 0 Å². The first kappa shape index (κ1) is 13.4. The predicted molar refractivity (Wildman–Crippen MR) is 65.0 cm³/mol. The summed E-state index contributed by atoms with van der Waals surface area (Å²) in [5, 5.41) is 13.1. The van der Waals surface area contributed by atoms with Crippen molar-refractivity contribution in [3.05, 3.63) is 33.3 Å². The van der Waals surface area contributed by atoms with E-state index >= 15 is 0 Å². The van der Waals surface area contributed by atoms with Crippen molar-refractivity contribution in [3.8, 4) is 0 Å². The molecule has 0 aliphatic rings. The lowest BCUT2D eigenvalue weighted by molar-refractivity contribution is -0.384. The summed E-state index contributed by atoms with van der Waals surface area (Å²) in [6, 6.07) is 4.03. The van der Waals surface area contributed by atoms with E-state index in [1.807, 2.05) is 0 Å². The van der Waals surface area contributed by atoms with E-state index in [0.29, 0.717) is 25.1 Å². The van der Waals surface area contributed by atoms with E-state index in [-0.39, 0.29) is 16.6 Å². The minimum atomic E-state index is -0.581. The highest BCUT2D eigenvalue weighted by molar-refractivity contribution is 6.33. The second-order valence-corrected chi connectivity index (χ2v) is 3.77. The average Bonchev–Trinajstić information content (AvgIpc) is 2.26. The summed E-state index contributed by atoms with van der Waals surface area (Å²) in [5.74, 6) is -0.194. The smallest absolute Gasteiger partial charge is 0.288 e. The molecule has 7 heteroatoms. The number of nitro groups is 1. The van der Waals surface area contributed by atoms with Gasteiger partial charge in [-0.15, -0.1) is 0 Å². The highest BCUT2D eigenvalue weighted by atomic mass is 35.5. The number of halogens is 1. The van der Waals surface area contributed by atoms with Crippen molar-refractivity contribution in [1.82, 2.24) is 0 Å². The van der Waals surface area contributed by atoms with Gasteiger partial charge in [-0.05, 0) is 25.1 Å². The van der Waals surface area contributed by atoms with E-state index in [1.54, 1.807) is 0 Å². The zero-order valence-electron chi connectivity index (χ0n) is 8.98. The molecule has 1 rings (SSSR count). The van der Waals surface area contributed by atoms with E-state index in [1.165, 1.54) is 18.2 Å². The van der Waals surface area contributed by atoms with Gasteiger partial charge >= 0.3 is 0 Å². The van der Waals surface area contributed by atoms with Crippen molar-refractivity contribution in [1.29, 1.82) is 0 Å². The zero-order chi connectivity index (χ0) is 12.8. The molecule has 0 aliphatic heterocycles. The summed E-state index contributed by atoms with van der Waals surface area (Å²) in [4.78, 5) is 21.3. The highest BCUT2D eigenvalue weighted by Gasteiger charge is 2.12. The Morgan fingerprint density at radius 3 is 2.76 bits per heavy atom. The minimum absolute atomic E-state index is 0.00775. The Balaban J connectivity index is 2.70. The second-order valence-electron chi connectivity index (χ2n) is 3.36.